The van der Waals surface area contributed by atoms with Crippen LogP contribution in [0.5, 0.6) is 0 Å². The number of aromatic nitrogens is 3. The number of hydrogen-bond acceptors (Lipinski definition) is 3. The van der Waals surface area contributed by atoms with Crippen LogP contribution in [-0.2, 0) is 0 Å². The second kappa shape index (κ2) is 4.53. The number of carbonyl (C=O) groups excluding carboxylic acids is 1. The van der Waals surface area contributed by atoms with E-state index in [-0.39, 0.29) is 18.3 Å². The van der Waals surface area contributed by atoms with Crippen molar-refractivity contribution in [3.05, 3.63) is 48.3 Å². The van der Waals surface area contributed by atoms with Crippen LogP contribution in [0.4, 0.5) is 0 Å². The molecule has 0 saturated carbocycles. The molecular weight excluding hydrogens is 202 g/mol. The Hall–Kier alpha value is -1.68. The fraction of sp³-hybridized carbons (Fsp3) is 0. The largest absolute Gasteiger partial charge is 0.295 e. The van der Waals surface area contributed by atoms with E-state index in [9.17, 15) is 4.79 Å². The van der Waals surface area contributed by atoms with E-state index in [1.807, 2.05) is 6.07 Å². The first-order chi connectivity index (χ1) is 6.38. The maximum absolute atomic E-state index is 11.5. The number of carbonyl (C=O) groups is 1. The third-order valence-corrected chi connectivity index (χ3v) is 1.62. The standard InChI is InChI=1S/C9H7N3O.ClH/c13-9(12-10-6-7-11-12)8-4-2-1-3-5-8;/h1-7H;1H. The lowest BCUT2D eigenvalue weighted by atomic mass is 10.2. The minimum atomic E-state index is -0.217. The maximum Gasteiger partial charge on any atom is 0.295 e. The van der Waals surface area contributed by atoms with Gasteiger partial charge < -0.3 is 0 Å². The number of hydrogen-bond donors (Lipinski definition) is 0. The molecule has 0 radical (unpaired) electrons. The van der Waals surface area contributed by atoms with Crippen molar-refractivity contribution >= 4 is 18.3 Å². The summed E-state index contributed by atoms with van der Waals surface area (Å²) in [6, 6.07) is 8.91. The lowest BCUT2D eigenvalue weighted by Crippen LogP contribution is -2.14. The molecule has 0 aliphatic rings. The molecule has 1 aromatic carbocycles. The van der Waals surface area contributed by atoms with Gasteiger partial charge in [0.25, 0.3) is 5.91 Å². The Kier molecular flexibility index (Phi) is 3.36. The molecule has 5 heteroatoms. The minimum absolute atomic E-state index is 0. The predicted molar refractivity (Wildman–Crippen MR) is 53.4 cm³/mol. The number of nitrogens with zero attached hydrogens (tertiary/aromatic N) is 3. The van der Waals surface area contributed by atoms with Gasteiger partial charge in [0.15, 0.2) is 0 Å². The Morgan fingerprint density at radius 1 is 1.07 bits per heavy atom. The van der Waals surface area contributed by atoms with E-state index in [1.54, 1.807) is 24.3 Å². The van der Waals surface area contributed by atoms with E-state index >= 15 is 0 Å². The summed E-state index contributed by atoms with van der Waals surface area (Å²) in [6.07, 6.45) is 2.95. The molecule has 0 bridgehead atoms. The molecule has 2 aromatic rings. The quantitative estimate of drug-likeness (QED) is 0.713. The van der Waals surface area contributed by atoms with Crippen molar-refractivity contribution < 1.29 is 4.79 Å². The molecule has 0 unspecified atom stereocenters. The topological polar surface area (TPSA) is 47.8 Å². The molecule has 72 valence electrons. The van der Waals surface area contributed by atoms with Crippen LogP contribution in [-0.4, -0.2) is 20.9 Å². The third-order valence-electron chi connectivity index (χ3n) is 1.62. The Balaban J connectivity index is 0.000000980. The van der Waals surface area contributed by atoms with Gasteiger partial charge in [0.1, 0.15) is 0 Å². The molecule has 4 nitrogen and oxygen atoms in total. The van der Waals surface area contributed by atoms with Gasteiger partial charge >= 0.3 is 0 Å². The molecule has 0 spiro atoms. The van der Waals surface area contributed by atoms with Crippen molar-refractivity contribution in [2.75, 3.05) is 0 Å². The summed E-state index contributed by atoms with van der Waals surface area (Å²) in [5.74, 6) is -0.217. The molecule has 14 heavy (non-hydrogen) atoms. The van der Waals surface area contributed by atoms with Crippen molar-refractivity contribution in [1.29, 1.82) is 0 Å². The van der Waals surface area contributed by atoms with Gasteiger partial charge in [0.2, 0.25) is 0 Å². The van der Waals surface area contributed by atoms with Crippen molar-refractivity contribution in [2.45, 2.75) is 0 Å². The van der Waals surface area contributed by atoms with Crippen LogP contribution in [0.3, 0.4) is 0 Å². The molecule has 1 aromatic heterocycles. The van der Waals surface area contributed by atoms with Crippen LogP contribution >= 0.6 is 12.4 Å². The molecule has 2 rings (SSSR count). The van der Waals surface area contributed by atoms with Gasteiger partial charge in [0.05, 0.1) is 12.4 Å². The second-order valence-electron chi connectivity index (χ2n) is 2.49. The van der Waals surface area contributed by atoms with Gasteiger partial charge in [-0.3, -0.25) is 4.79 Å². The van der Waals surface area contributed by atoms with E-state index < -0.39 is 0 Å². The van der Waals surface area contributed by atoms with E-state index in [2.05, 4.69) is 10.2 Å². The van der Waals surface area contributed by atoms with Gasteiger partial charge in [-0.15, -0.1) is 17.2 Å². The molecule has 0 N–H and O–H groups in total. The fourth-order valence-corrected chi connectivity index (χ4v) is 1.02. The van der Waals surface area contributed by atoms with Crippen LogP contribution in [0.25, 0.3) is 0 Å². The summed E-state index contributed by atoms with van der Waals surface area (Å²) >= 11 is 0. The average Bonchev–Trinajstić information content (AvgIpc) is 2.71. The maximum atomic E-state index is 11.5. The summed E-state index contributed by atoms with van der Waals surface area (Å²) in [6.45, 7) is 0. The monoisotopic (exact) mass is 209 g/mol. The number of halogens is 1. The molecular formula is C9H8ClN3O. The number of rotatable bonds is 1. The lowest BCUT2D eigenvalue weighted by Gasteiger charge is -1.96. The minimum Gasteiger partial charge on any atom is -0.265 e. The number of benzene rings is 1. The van der Waals surface area contributed by atoms with Crippen molar-refractivity contribution in [1.82, 2.24) is 15.0 Å². The third kappa shape index (κ3) is 1.97. The Bertz CT molecular complexity index is 399. The second-order valence-corrected chi connectivity index (χ2v) is 2.49. The highest BCUT2D eigenvalue weighted by atomic mass is 35.5. The Labute approximate surface area is 87.0 Å². The Morgan fingerprint density at radius 3 is 2.21 bits per heavy atom. The van der Waals surface area contributed by atoms with Crippen molar-refractivity contribution in [3.63, 3.8) is 0 Å². The zero-order valence-electron chi connectivity index (χ0n) is 7.20. The zero-order chi connectivity index (χ0) is 9.10. The van der Waals surface area contributed by atoms with Gasteiger partial charge in [-0.25, -0.2) is 0 Å². The molecule has 0 aliphatic carbocycles. The summed E-state index contributed by atoms with van der Waals surface area (Å²) < 4.78 is 0. The molecule has 0 aliphatic heterocycles. The summed E-state index contributed by atoms with van der Waals surface area (Å²) in [5, 5.41) is 7.50. The van der Waals surface area contributed by atoms with Gasteiger partial charge in [-0.05, 0) is 12.1 Å². The zero-order valence-corrected chi connectivity index (χ0v) is 8.02. The first-order valence-electron chi connectivity index (χ1n) is 3.84. The summed E-state index contributed by atoms with van der Waals surface area (Å²) in [4.78, 5) is 12.6. The highest BCUT2D eigenvalue weighted by Crippen LogP contribution is 1.99. The highest BCUT2D eigenvalue weighted by molar-refractivity contribution is 5.94. The summed E-state index contributed by atoms with van der Waals surface area (Å²) in [5.41, 5.74) is 0.582. The van der Waals surface area contributed by atoms with Crippen molar-refractivity contribution in [3.8, 4) is 0 Å². The lowest BCUT2D eigenvalue weighted by molar-refractivity contribution is 0.0927. The summed E-state index contributed by atoms with van der Waals surface area (Å²) in [7, 11) is 0. The van der Waals surface area contributed by atoms with E-state index in [0.717, 1.165) is 4.80 Å². The average molecular weight is 210 g/mol. The van der Waals surface area contributed by atoms with E-state index in [1.165, 1.54) is 12.4 Å². The first kappa shape index (κ1) is 10.4. The molecule has 0 fully saturated rings. The Morgan fingerprint density at radius 2 is 1.64 bits per heavy atom. The van der Waals surface area contributed by atoms with E-state index in [4.69, 9.17) is 0 Å². The SMILES string of the molecule is Cl.O=C(c1ccccc1)n1nccn1. The van der Waals surface area contributed by atoms with Crippen LogP contribution in [0.1, 0.15) is 10.4 Å². The fourth-order valence-electron chi connectivity index (χ4n) is 1.02. The molecule has 1 heterocycles. The smallest absolute Gasteiger partial charge is 0.265 e. The van der Waals surface area contributed by atoms with Gasteiger partial charge in [-0.2, -0.15) is 10.2 Å². The van der Waals surface area contributed by atoms with Crippen LogP contribution in [0, 0.1) is 0 Å². The van der Waals surface area contributed by atoms with Crippen LogP contribution in [0.15, 0.2) is 42.7 Å². The van der Waals surface area contributed by atoms with Crippen molar-refractivity contribution in [2.24, 2.45) is 0 Å². The highest BCUT2D eigenvalue weighted by Gasteiger charge is 2.07. The predicted octanol–water partition coefficient (Wildman–Crippen LogP) is 1.39. The van der Waals surface area contributed by atoms with Gasteiger partial charge in [-0.1, -0.05) is 18.2 Å². The van der Waals surface area contributed by atoms with E-state index in [0.29, 0.717) is 5.56 Å². The van der Waals surface area contributed by atoms with Gasteiger partial charge in [0, 0.05) is 5.56 Å². The normalized spacial score (nSPS) is 9.14. The molecule has 0 amide bonds. The van der Waals surface area contributed by atoms with Crippen LogP contribution < -0.4 is 0 Å². The first-order valence-corrected chi connectivity index (χ1v) is 3.84. The molecule has 0 atom stereocenters. The van der Waals surface area contributed by atoms with Crippen LogP contribution in [0.2, 0.25) is 0 Å². The molecule has 0 saturated heterocycles.